The second-order valence-corrected chi connectivity index (χ2v) is 10.1. The molecule has 1 saturated carbocycles. The average Bonchev–Trinajstić information content (AvgIpc) is 2.98. The van der Waals surface area contributed by atoms with Gasteiger partial charge in [-0.25, -0.2) is 19.2 Å². The fraction of sp³-hybridized carbons (Fsp3) is 0.214. The van der Waals surface area contributed by atoms with Crippen LogP contribution in [0.25, 0.3) is 0 Å². The van der Waals surface area contributed by atoms with E-state index in [2.05, 4.69) is 0 Å². The number of carbonyl (C=O) groups is 4. The molecular weight excluding hydrogens is 624 g/mol. The van der Waals surface area contributed by atoms with Gasteiger partial charge in [-0.05, 0) is 36.4 Å². The molecule has 18 nitrogen and oxygen atoms in total. The van der Waals surface area contributed by atoms with Gasteiger partial charge in [0.1, 0.15) is 6.10 Å². The van der Waals surface area contributed by atoms with Crippen molar-refractivity contribution in [1.82, 2.24) is 0 Å². The third-order valence-electron chi connectivity index (χ3n) is 6.91. The molecule has 1 aliphatic rings. The number of hydrogen-bond acceptors (Lipinski definition) is 17. The Balaban J connectivity index is 1.72. The molecule has 1 fully saturated rings. The van der Waals surface area contributed by atoms with E-state index in [0.29, 0.717) is 36.4 Å². The van der Waals surface area contributed by atoms with Crippen LogP contribution in [0.15, 0.2) is 36.4 Å². The zero-order chi connectivity index (χ0) is 34.2. The van der Waals surface area contributed by atoms with Gasteiger partial charge in [0.15, 0.2) is 57.8 Å². The van der Waals surface area contributed by atoms with Crippen molar-refractivity contribution in [3.63, 3.8) is 0 Å². The van der Waals surface area contributed by atoms with Crippen molar-refractivity contribution in [3.05, 3.63) is 53.1 Å². The molecule has 0 bridgehead atoms. The van der Waals surface area contributed by atoms with Gasteiger partial charge in [0.25, 0.3) is 0 Å². The van der Waals surface area contributed by atoms with E-state index in [4.69, 9.17) is 14.2 Å². The Morgan fingerprint density at radius 2 is 0.913 bits per heavy atom. The van der Waals surface area contributed by atoms with Crippen LogP contribution in [-0.4, -0.2) is 104 Å². The first kappa shape index (κ1) is 32.6. The molecule has 46 heavy (non-hydrogen) atoms. The van der Waals surface area contributed by atoms with Crippen molar-refractivity contribution >= 4 is 23.9 Å². The van der Waals surface area contributed by atoms with E-state index in [1.165, 1.54) is 0 Å². The predicted molar refractivity (Wildman–Crippen MR) is 144 cm³/mol. The molecule has 0 unspecified atom stereocenters. The molecule has 3 aromatic carbocycles. The molecule has 0 amide bonds. The van der Waals surface area contributed by atoms with E-state index in [1.54, 1.807) is 0 Å². The number of carbonyl (C=O) groups excluding carboxylic acids is 3. The quantitative estimate of drug-likeness (QED) is 0.0950. The van der Waals surface area contributed by atoms with E-state index in [-0.39, 0.29) is 0 Å². The fourth-order valence-electron chi connectivity index (χ4n) is 4.59. The topological polar surface area (TPSA) is 318 Å². The normalized spacial score (nSPS) is 20.8. The summed E-state index contributed by atoms with van der Waals surface area (Å²) < 4.78 is 15.7. The number of esters is 3. The first-order valence-corrected chi connectivity index (χ1v) is 12.8. The molecule has 0 radical (unpaired) electrons. The van der Waals surface area contributed by atoms with Gasteiger partial charge in [-0.1, -0.05) is 0 Å². The van der Waals surface area contributed by atoms with Gasteiger partial charge in [-0.3, -0.25) is 0 Å². The van der Waals surface area contributed by atoms with Crippen LogP contribution in [-0.2, 0) is 19.0 Å². The molecule has 4 atom stereocenters. The minimum atomic E-state index is -2.76. The number of aliphatic hydroxyl groups is 1. The SMILES string of the molecule is O=C(O[C@H]1[C@@H](OC(=O)c2cc(O)c(O)c(O)c2)C[C@](OC(=O)c2cc(O)c(O)c(O)c2)(C(=O)O)C[C@@H]1O)c1cc(O)c(O)c(O)c1. The third-order valence-corrected chi connectivity index (χ3v) is 6.91. The number of hydrogen-bond donors (Lipinski definition) is 11. The summed E-state index contributed by atoms with van der Waals surface area (Å²) in [6.45, 7) is 0. The summed E-state index contributed by atoms with van der Waals surface area (Å²) in [5, 5.41) is 108. The van der Waals surface area contributed by atoms with Crippen LogP contribution in [0.4, 0.5) is 0 Å². The fourth-order valence-corrected chi connectivity index (χ4v) is 4.59. The molecule has 0 aromatic heterocycles. The predicted octanol–water partition coefficient (Wildman–Crippen LogP) is 0.623. The summed E-state index contributed by atoms with van der Waals surface area (Å²) in [5.74, 6) is -15.1. The number of aliphatic carboxylic acids is 1. The van der Waals surface area contributed by atoms with Gasteiger partial charge >= 0.3 is 23.9 Å². The number of aromatic hydroxyl groups is 9. The van der Waals surface area contributed by atoms with Crippen LogP contribution >= 0.6 is 0 Å². The van der Waals surface area contributed by atoms with Gasteiger partial charge in [0.05, 0.1) is 22.8 Å². The van der Waals surface area contributed by atoms with Gasteiger partial charge in [0, 0.05) is 12.8 Å². The molecule has 3 aromatic rings. The van der Waals surface area contributed by atoms with Crippen LogP contribution in [0.2, 0.25) is 0 Å². The maximum absolute atomic E-state index is 13.0. The number of ether oxygens (including phenoxy) is 3. The molecule has 244 valence electrons. The number of phenols is 9. The lowest BCUT2D eigenvalue weighted by molar-refractivity contribution is -0.188. The van der Waals surface area contributed by atoms with Crippen molar-refractivity contribution in [2.75, 3.05) is 0 Å². The molecule has 0 heterocycles. The Morgan fingerprint density at radius 3 is 1.28 bits per heavy atom. The number of phenolic OH excluding ortho intramolecular Hbond substituents is 9. The smallest absolute Gasteiger partial charge is 0.348 e. The van der Waals surface area contributed by atoms with Crippen LogP contribution in [0.1, 0.15) is 43.9 Å². The van der Waals surface area contributed by atoms with E-state index in [9.17, 15) is 75.3 Å². The summed E-state index contributed by atoms with van der Waals surface area (Å²) >= 11 is 0. The molecule has 11 N–H and O–H groups in total. The molecular formula is C28H24O18. The molecule has 1 aliphatic carbocycles. The van der Waals surface area contributed by atoms with E-state index in [0.717, 1.165) is 0 Å². The number of benzene rings is 3. The monoisotopic (exact) mass is 648 g/mol. The average molecular weight is 648 g/mol. The van der Waals surface area contributed by atoms with Crippen LogP contribution in [0.5, 0.6) is 51.7 Å². The lowest BCUT2D eigenvalue weighted by atomic mass is 9.79. The maximum atomic E-state index is 13.0. The van der Waals surface area contributed by atoms with Crippen LogP contribution in [0.3, 0.4) is 0 Å². The second-order valence-electron chi connectivity index (χ2n) is 10.1. The Hall–Kier alpha value is -6.30. The van der Waals surface area contributed by atoms with Crippen molar-refractivity contribution in [3.8, 4) is 51.7 Å². The Bertz CT molecular complexity index is 1680. The third kappa shape index (κ3) is 6.17. The maximum Gasteiger partial charge on any atom is 0.348 e. The van der Waals surface area contributed by atoms with Gasteiger partial charge in [0.2, 0.25) is 5.60 Å². The highest BCUT2D eigenvalue weighted by atomic mass is 16.6. The number of aliphatic hydroxyl groups excluding tert-OH is 1. The number of carboxylic acid groups (broad SMARTS) is 1. The molecule has 0 aliphatic heterocycles. The Labute approximate surface area is 255 Å². The summed E-state index contributed by atoms with van der Waals surface area (Å²) in [4.78, 5) is 51.4. The first-order valence-electron chi connectivity index (χ1n) is 12.8. The Morgan fingerprint density at radius 1 is 0.565 bits per heavy atom. The van der Waals surface area contributed by atoms with E-state index < -0.39 is 129 Å². The van der Waals surface area contributed by atoms with E-state index in [1.807, 2.05) is 0 Å². The lowest BCUT2D eigenvalue weighted by Gasteiger charge is -2.42. The molecule has 0 spiro atoms. The largest absolute Gasteiger partial charge is 0.504 e. The van der Waals surface area contributed by atoms with Gasteiger partial charge in [-0.15, -0.1) is 0 Å². The molecule has 4 rings (SSSR count). The highest BCUT2D eigenvalue weighted by molar-refractivity contribution is 5.94. The zero-order valence-corrected chi connectivity index (χ0v) is 22.9. The second kappa shape index (κ2) is 12.0. The number of carboxylic acids is 1. The summed E-state index contributed by atoms with van der Waals surface area (Å²) in [7, 11) is 0. The summed E-state index contributed by atoms with van der Waals surface area (Å²) in [6, 6.07) is 3.88. The van der Waals surface area contributed by atoms with E-state index >= 15 is 0 Å². The van der Waals surface area contributed by atoms with Gasteiger partial charge in [-0.2, -0.15) is 0 Å². The standard InChI is InChI=1S/C28H24O18/c29-12-1-9(2-13(30)20(12)36)24(39)44-19-8-28(27(42)43,46-26(41)11-5-16(33)22(38)17(34)6-11)7-18(35)23(19)45-25(40)10-3-14(31)21(37)15(32)4-10/h1-6,18-19,23,29-38H,7-8H2,(H,42,43)/t18-,19-,23+,28-/m0/s1. The van der Waals surface area contributed by atoms with Crippen LogP contribution < -0.4 is 0 Å². The first-order chi connectivity index (χ1) is 21.4. The van der Waals surface area contributed by atoms with Crippen molar-refractivity contribution in [2.45, 2.75) is 36.8 Å². The molecule has 0 saturated heterocycles. The summed E-state index contributed by atoms with van der Waals surface area (Å²) in [6.07, 6.45) is -8.15. The van der Waals surface area contributed by atoms with Crippen molar-refractivity contribution in [2.24, 2.45) is 0 Å². The minimum Gasteiger partial charge on any atom is -0.504 e. The minimum absolute atomic E-state index is 0.591. The number of rotatable bonds is 7. The van der Waals surface area contributed by atoms with Gasteiger partial charge < -0.3 is 70.4 Å². The van der Waals surface area contributed by atoms with Crippen molar-refractivity contribution in [1.29, 1.82) is 0 Å². The lowest BCUT2D eigenvalue weighted by Crippen LogP contribution is -2.60. The molecule has 18 heteroatoms. The summed E-state index contributed by atoms with van der Waals surface area (Å²) in [5.41, 5.74) is -4.64. The highest BCUT2D eigenvalue weighted by Crippen LogP contribution is 2.41. The Kier molecular flexibility index (Phi) is 8.51. The van der Waals surface area contributed by atoms with Crippen LogP contribution in [0, 0.1) is 0 Å². The van der Waals surface area contributed by atoms with Crippen molar-refractivity contribution < 1.29 is 89.6 Å². The zero-order valence-electron chi connectivity index (χ0n) is 22.9. The highest BCUT2D eigenvalue weighted by Gasteiger charge is 2.56.